The average Bonchev–Trinajstić information content (AvgIpc) is 2.95. The quantitative estimate of drug-likeness (QED) is 0.899. The molecule has 1 aliphatic carbocycles. The van der Waals surface area contributed by atoms with Gasteiger partial charge in [-0.3, -0.25) is 0 Å². The van der Waals surface area contributed by atoms with Gasteiger partial charge in [-0.25, -0.2) is 0 Å². The number of benzene rings is 2. The lowest BCUT2D eigenvalue weighted by atomic mass is 10.1. The van der Waals surface area contributed by atoms with Gasteiger partial charge < -0.3 is 10.0 Å². The Morgan fingerprint density at radius 3 is 2.55 bits per heavy atom. The van der Waals surface area contributed by atoms with E-state index >= 15 is 0 Å². The van der Waals surface area contributed by atoms with Crippen molar-refractivity contribution in [2.75, 3.05) is 18.1 Å². The van der Waals surface area contributed by atoms with Crippen LogP contribution < -0.4 is 4.90 Å². The van der Waals surface area contributed by atoms with Crippen LogP contribution in [0.3, 0.4) is 0 Å². The zero-order chi connectivity index (χ0) is 13.8. The summed E-state index contributed by atoms with van der Waals surface area (Å²) in [4.78, 5) is 2.26. The van der Waals surface area contributed by atoms with Gasteiger partial charge in [0.15, 0.2) is 0 Å². The molecule has 2 nitrogen and oxygen atoms in total. The van der Waals surface area contributed by atoms with Crippen molar-refractivity contribution in [3.8, 4) is 0 Å². The highest BCUT2D eigenvalue weighted by atomic mass is 16.3. The summed E-state index contributed by atoms with van der Waals surface area (Å²) in [5.41, 5.74) is 5.49. The van der Waals surface area contributed by atoms with Crippen LogP contribution in [0, 0.1) is 0 Å². The van der Waals surface area contributed by atoms with Crippen molar-refractivity contribution in [1.29, 1.82) is 0 Å². The standard InChI is InChI=1S/C18H21NO/c20-12-11-19(14-15-5-2-1-3-6-15)18-10-9-16-7-4-8-17(16)13-18/h1-3,5-6,9-10,13,20H,4,7-8,11-12,14H2. The summed E-state index contributed by atoms with van der Waals surface area (Å²) >= 11 is 0. The van der Waals surface area contributed by atoms with Crippen LogP contribution in [-0.2, 0) is 19.4 Å². The highest BCUT2D eigenvalue weighted by Crippen LogP contribution is 2.27. The first-order valence-corrected chi connectivity index (χ1v) is 7.38. The molecule has 0 amide bonds. The van der Waals surface area contributed by atoms with Crippen LogP contribution in [0.1, 0.15) is 23.1 Å². The predicted octanol–water partition coefficient (Wildman–Crippen LogP) is 3.17. The maximum absolute atomic E-state index is 9.33. The molecule has 2 aromatic rings. The largest absolute Gasteiger partial charge is 0.395 e. The van der Waals surface area contributed by atoms with Crippen molar-refractivity contribution in [2.24, 2.45) is 0 Å². The molecule has 0 unspecified atom stereocenters. The van der Waals surface area contributed by atoms with Gasteiger partial charge in [0.1, 0.15) is 0 Å². The van der Waals surface area contributed by atoms with E-state index in [1.165, 1.54) is 41.6 Å². The topological polar surface area (TPSA) is 23.5 Å². The molecule has 0 fully saturated rings. The van der Waals surface area contributed by atoms with Crippen molar-refractivity contribution in [2.45, 2.75) is 25.8 Å². The van der Waals surface area contributed by atoms with Crippen molar-refractivity contribution in [3.63, 3.8) is 0 Å². The summed E-state index contributed by atoms with van der Waals surface area (Å²) in [6.07, 6.45) is 3.69. The van der Waals surface area contributed by atoms with Crippen LogP contribution in [-0.4, -0.2) is 18.3 Å². The second-order valence-corrected chi connectivity index (χ2v) is 5.44. The minimum Gasteiger partial charge on any atom is -0.395 e. The lowest BCUT2D eigenvalue weighted by Gasteiger charge is -2.25. The van der Waals surface area contributed by atoms with E-state index in [2.05, 4.69) is 47.4 Å². The molecule has 0 saturated carbocycles. The molecule has 104 valence electrons. The van der Waals surface area contributed by atoms with Gasteiger partial charge in [-0.2, -0.15) is 0 Å². The number of aliphatic hydroxyl groups is 1. The average molecular weight is 267 g/mol. The van der Waals surface area contributed by atoms with Crippen molar-refractivity contribution in [3.05, 3.63) is 65.2 Å². The Kier molecular flexibility index (Phi) is 4.03. The maximum atomic E-state index is 9.33. The highest BCUT2D eigenvalue weighted by Gasteiger charge is 2.13. The lowest BCUT2D eigenvalue weighted by Crippen LogP contribution is -2.26. The number of aliphatic hydroxyl groups excluding tert-OH is 1. The molecule has 0 spiro atoms. The molecule has 1 N–H and O–H groups in total. The Hall–Kier alpha value is -1.80. The fraction of sp³-hybridized carbons (Fsp3) is 0.333. The number of hydrogen-bond acceptors (Lipinski definition) is 2. The molecular formula is C18H21NO. The number of hydrogen-bond donors (Lipinski definition) is 1. The summed E-state index contributed by atoms with van der Waals surface area (Å²) in [6, 6.07) is 17.2. The van der Waals surface area contributed by atoms with Gasteiger partial charge in [0.25, 0.3) is 0 Å². The van der Waals surface area contributed by atoms with Gasteiger partial charge in [0, 0.05) is 18.8 Å². The lowest BCUT2D eigenvalue weighted by molar-refractivity contribution is 0.301. The minimum absolute atomic E-state index is 0.184. The van der Waals surface area contributed by atoms with E-state index in [-0.39, 0.29) is 6.61 Å². The van der Waals surface area contributed by atoms with Crippen LogP contribution in [0.2, 0.25) is 0 Å². The van der Waals surface area contributed by atoms with Crippen molar-refractivity contribution in [1.82, 2.24) is 0 Å². The fourth-order valence-electron chi connectivity index (χ4n) is 2.98. The summed E-state index contributed by atoms with van der Waals surface area (Å²) in [5.74, 6) is 0. The van der Waals surface area contributed by atoms with Crippen LogP contribution in [0.4, 0.5) is 5.69 Å². The van der Waals surface area contributed by atoms with Gasteiger partial charge in [-0.15, -0.1) is 0 Å². The molecule has 0 saturated heterocycles. The van der Waals surface area contributed by atoms with Crippen LogP contribution in [0.15, 0.2) is 48.5 Å². The second-order valence-electron chi connectivity index (χ2n) is 5.44. The predicted molar refractivity (Wildman–Crippen MR) is 83.0 cm³/mol. The molecule has 2 heteroatoms. The Labute approximate surface area is 120 Å². The van der Waals surface area contributed by atoms with Crippen molar-refractivity contribution < 1.29 is 5.11 Å². The molecule has 0 heterocycles. The first-order valence-electron chi connectivity index (χ1n) is 7.38. The van der Waals surface area contributed by atoms with E-state index in [0.29, 0.717) is 6.54 Å². The van der Waals surface area contributed by atoms with Crippen LogP contribution in [0.25, 0.3) is 0 Å². The first-order chi connectivity index (χ1) is 9.86. The zero-order valence-electron chi connectivity index (χ0n) is 11.8. The monoisotopic (exact) mass is 267 g/mol. The molecule has 0 atom stereocenters. The number of fused-ring (bicyclic) bond motifs is 1. The van der Waals surface area contributed by atoms with E-state index < -0.39 is 0 Å². The molecule has 0 aliphatic heterocycles. The fourth-order valence-corrected chi connectivity index (χ4v) is 2.98. The highest BCUT2D eigenvalue weighted by molar-refractivity contribution is 5.52. The smallest absolute Gasteiger partial charge is 0.0606 e. The third kappa shape index (κ3) is 2.86. The SMILES string of the molecule is OCCN(Cc1ccccc1)c1ccc2c(c1)CCC2. The normalized spacial score (nSPS) is 13.2. The Morgan fingerprint density at radius 1 is 0.950 bits per heavy atom. The van der Waals surface area contributed by atoms with Gasteiger partial charge in [-0.1, -0.05) is 36.4 Å². The third-order valence-corrected chi connectivity index (χ3v) is 4.03. The number of aryl methyl sites for hydroxylation is 2. The molecule has 0 aromatic heterocycles. The number of anilines is 1. The molecule has 1 aliphatic rings. The van der Waals surface area contributed by atoms with E-state index in [1.54, 1.807) is 0 Å². The Morgan fingerprint density at radius 2 is 1.75 bits per heavy atom. The van der Waals surface area contributed by atoms with Gasteiger partial charge >= 0.3 is 0 Å². The van der Waals surface area contributed by atoms with Crippen molar-refractivity contribution >= 4 is 5.69 Å². The number of nitrogens with zero attached hydrogens (tertiary/aromatic N) is 1. The van der Waals surface area contributed by atoms with Crippen LogP contribution >= 0.6 is 0 Å². The summed E-state index contributed by atoms with van der Waals surface area (Å²) < 4.78 is 0. The zero-order valence-corrected chi connectivity index (χ0v) is 11.8. The van der Waals surface area contributed by atoms with Gasteiger partial charge in [-0.05, 0) is 48.1 Å². The Balaban J connectivity index is 1.83. The van der Waals surface area contributed by atoms with E-state index in [1.807, 2.05) is 6.07 Å². The summed E-state index contributed by atoms with van der Waals surface area (Å²) in [6.45, 7) is 1.71. The molecular weight excluding hydrogens is 246 g/mol. The van der Waals surface area contributed by atoms with Gasteiger partial charge in [0.2, 0.25) is 0 Å². The third-order valence-electron chi connectivity index (χ3n) is 4.03. The molecule has 0 bridgehead atoms. The van der Waals surface area contributed by atoms with Gasteiger partial charge in [0.05, 0.1) is 6.61 Å². The van der Waals surface area contributed by atoms with E-state index in [0.717, 1.165) is 6.54 Å². The minimum atomic E-state index is 0.184. The Bertz CT molecular complexity index is 565. The number of rotatable bonds is 5. The molecule has 20 heavy (non-hydrogen) atoms. The van der Waals surface area contributed by atoms with E-state index in [4.69, 9.17) is 0 Å². The molecule has 2 aromatic carbocycles. The van der Waals surface area contributed by atoms with Crippen LogP contribution in [0.5, 0.6) is 0 Å². The maximum Gasteiger partial charge on any atom is 0.0606 e. The first kappa shape index (κ1) is 13.2. The van der Waals surface area contributed by atoms with E-state index in [9.17, 15) is 5.11 Å². The molecule has 3 rings (SSSR count). The summed E-state index contributed by atoms with van der Waals surface area (Å²) in [7, 11) is 0. The molecule has 0 radical (unpaired) electrons. The summed E-state index contributed by atoms with van der Waals surface area (Å²) in [5, 5.41) is 9.33. The second kappa shape index (κ2) is 6.10.